The summed E-state index contributed by atoms with van der Waals surface area (Å²) in [6.07, 6.45) is 0.643. The minimum atomic E-state index is -0.330. The maximum Gasteiger partial charge on any atom is 0.232 e. The molecule has 0 aliphatic rings. The van der Waals surface area contributed by atoms with Gasteiger partial charge in [0, 0.05) is 12.4 Å². The van der Waals surface area contributed by atoms with Crippen LogP contribution in [0.15, 0.2) is 42.5 Å². The maximum atomic E-state index is 12.3. The number of anilines is 1. The molecule has 0 aliphatic carbocycles. The molecule has 0 fully saturated rings. The summed E-state index contributed by atoms with van der Waals surface area (Å²) < 4.78 is 0. The number of aliphatic hydroxyl groups excluding tert-OH is 1. The van der Waals surface area contributed by atoms with Gasteiger partial charge in [0.1, 0.15) is 0 Å². The molecule has 1 amide bonds. The number of hydrogen-bond donors (Lipinski definition) is 1. The Morgan fingerprint density at radius 1 is 1.21 bits per heavy atom. The summed E-state index contributed by atoms with van der Waals surface area (Å²) in [6.45, 7) is 1.81. The Morgan fingerprint density at radius 2 is 1.89 bits per heavy atom. The van der Waals surface area contributed by atoms with Gasteiger partial charge in [-0.1, -0.05) is 43.3 Å². The summed E-state index contributed by atoms with van der Waals surface area (Å²) in [5.74, 6) is -0.370. The molecule has 3 nitrogen and oxygen atoms in total. The normalized spacial score (nSPS) is 12.4. The maximum absolute atomic E-state index is 12.3. The molecule has 1 atom stereocenters. The molecule has 0 saturated carbocycles. The first-order chi connectivity index (χ1) is 9.19. The summed E-state index contributed by atoms with van der Waals surface area (Å²) >= 11 is 0. The fourth-order valence-electron chi connectivity index (χ4n) is 2.28. The minimum Gasteiger partial charge on any atom is -0.396 e. The second kappa shape index (κ2) is 5.85. The van der Waals surface area contributed by atoms with E-state index in [1.54, 1.807) is 11.9 Å². The van der Waals surface area contributed by atoms with Crippen molar-refractivity contribution in [3.63, 3.8) is 0 Å². The zero-order valence-corrected chi connectivity index (χ0v) is 11.3. The van der Waals surface area contributed by atoms with Gasteiger partial charge in [-0.2, -0.15) is 0 Å². The first-order valence-corrected chi connectivity index (χ1v) is 6.55. The van der Waals surface area contributed by atoms with Crippen LogP contribution in [0.25, 0.3) is 10.8 Å². The number of hydrogen-bond acceptors (Lipinski definition) is 2. The van der Waals surface area contributed by atoms with Crippen LogP contribution < -0.4 is 4.90 Å². The van der Waals surface area contributed by atoms with Gasteiger partial charge in [0.2, 0.25) is 5.91 Å². The first-order valence-electron chi connectivity index (χ1n) is 6.55. The Labute approximate surface area is 113 Å². The van der Waals surface area contributed by atoms with E-state index in [2.05, 4.69) is 0 Å². The Balaban J connectivity index is 2.41. The van der Waals surface area contributed by atoms with Crippen molar-refractivity contribution in [1.82, 2.24) is 0 Å². The highest BCUT2D eigenvalue weighted by Crippen LogP contribution is 2.27. The molecule has 2 aromatic rings. The van der Waals surface area contributed by atoms with E-state index in [0.717, 1.165) is 16.5 Å². The fourth-order valence-corrected chi connectivity index (χ4v) is 2.28. The number of rotatable bonds is 4. The van der Waals surface area contributed by atoms with E-state index in [0.29, 0.717) is 6.42 Å². The molecule has 1 unspecified atom stereocenters. The molecule has 2 rings (SSSR count). The monoisotopic (exact) mass is 257 g/mol. The van der Waals surface area contributed by atoms with E-state index < -0.39 is 0 Å². The molecule has 100 valence electrons. The van der Waals surface area contributed by atoms with Gasteiger partial charge < -0.3 is 10.0 Å². The van der Waals surface area contributed by atoms with E-state index in [1.165, 1.54) is 0 Å². The molecule has 0 saturated heterocycles. The van der Waals surface area contributed by atoms with Crippen LogP contribution in [0.1, 0.15) is 13.3 Å². The molecule has 0 heterocycles. The van der Waals surface area contributed by atoms with Crippen molar-refractivity contribution in [2.75, 3.05) is 18.6 Å². The molecule has 0 spiro atoms. The lowest BCUT2D eigenvalue weighted by molar-refractivity contribution is -0.123. The zero-order valence-electron chi connectivity index (χ0n) is 11.3. The number of carbonyl (C=O) groups is 1. The fraction of sp³-hybridized carbons (Fsp3) is 0.312. The lowest BCUT2D eigenvalue weighted by Crippen LogP contribution is -2.34. The summed E-state index contributed by atoms with van der Waals surface area (Å²) in [5, 5.41) is 11.4. The lowest BCUT2D eigenvalue weighted by atomic mass is 10.0. The third-order valence-corrected chi connectivity index (χ3v) is 3.52. The van der Waals surface area contributed by atoms with Crippen LogP contribution in [0.2, 0.25) is 0 Å². The summed E-state index contributed by atoms with van der Waals surface area (Å²) in [5.41, 5.74) is 0.884. The van der Waals surface area contributed by atoms with Crippen LogP contribution >= 0.6 is 0 Å². The molecule has 0 bridgehead atoms. The molecule has 0 aliphatic heterocycles. The number of benzene rings is 2. The second-order valence-corrected chi connectivity index (χ2v) is 4.68. The van der Waals surface area contributed by atoms with Crippen LogP contribution in [-0.2, 0) is 4.79 Å². The Morgan fingerprint density at radius 3 is 2.58 bits per heavy atom. The highest BCUT2D eigenvalue weighted by molar-refractivity contribution is 6.04. The molecule has 1 N–H and O–H groups in total. The smallest absolute Gasteiger partial charge is 0.232 e. The second-order valence-electron chi connectivity index (χ2n) is 4.68. The SMILES string of the molecule is CCC(CO)C(=O)N(C)c1cccc2ccccc12. The standard InChI is InChI=1S/C16H19NO2/c1-3-12(11-18)16(19)17(2)15-10-6-8-13-7-4-5-9-14(13)15/h4-10,12,18H,3,11H2,1-2H3. The van der Waals surface area contributed by atoms with E-state index in [-0.39, 0.29) is 18.4 Å². The predicted molar refractivity (Wildman–Crippen MR) is 78.2 cm³/mol. The topological polar surface area (TPSA) is 40.5 Å². The van der Waals surface area contributed by atoms with Crippen molar-refractivity contribution in [3.8, 4) is 0 Å². The van der Waals surface area contributed by atoms with Gasteiger partial charge in [-0.25, -0.2) is 0 Å². The van der Waals surface area contributed by atoms with Crippen LogP contribution in [0.5, 0.6) is 0 Å². The predicted octanol–water partition coefficient (Wildman–Crippen LogP) is 2.82. The van der Waals surface area contributed by atoms with Gasteiger partial charge in [-0.3, -0.25) is 4.79 Å². The van der Waals surface area contributed by atoms with Gasteiger partial charge in [0.25, 0.3) is 0 Å². The largest absolute Gasteiger partial charge is 0.396 e. The Hall–Kier alpha value is -1.87. The molecule has 0 aromatic heterocycles. The van der Waals surface area contributed by atoms with Crippen molar-refractivity contribution in [3.05, 3.63) is 42.5 Å². The van der Waals surface area contributed by atoms with Gasteiger partial charge in [-0.15, -0.1) is 0 Å². The molecular formula is C16H19NO2. The van der Waals surface area contributed by atoms with Crippen molar-refractivity contribution >= 4 is 22.4 Å². The first kappa shape index (κ1) is 13.6. The third-order valence-electron chi connectivity index (χ3n) is 3.52. The van der Waals surface area contributed by atoms with E-state index in [4.69, 9.17) is 0 Å². The third kappa shape index (κ3) is 2.61. The molecular weight excluding hydrogens is 238 g/mol. The average molecular weight is 257 g/mol. The number of amides is 1. The molecule has 0 radical (unpaired) electrons. The van der Waals surface area contributed by atoms with Crippen molar-refractivity contribution in [2.45, 2.75) is 13.3 Å². The average Bonchev–Trinajstić information content (AvgIpc) is 2.47. The Bertz CT molecular complexity index is 570. The van der Waals surface area contributed by atoms with Gasteiger partial charge in [0.15, 0.2) is 0 Å². The highest BCUT2D eigenvalue weighted by atomic mass is 16.3. The van der Waals surface area contributed by atoms with Gasteiger partial charge in [0.05, 0.1) is 18.2 Å². The number of nitrogens with zero attached hydrogens (tertiary/aromatic N) is 1. The van der Waals surface area contributed by atoms with Crippen LogP contribution in [0.3, 0.4) is 0 Å². The summed E-state index contributed by atoms with van der Waals surface area (Å²) in [6, 6.07) is 13.9. The van der Waals surface area contributed by atoms with Crippen molar-refractivity contribution < 1.29 is 9.90 Å². The lowest BCUT2D eigenvalue weighted by Gasteiger charge is -2.23. The summed E-state index contributed by atoms with van der Waals surface area (Å²) in [7, 11) is 1.77. The Kier molecular flexibility index (Phi) is 4.17. The van der Waals surface area contributed by atoms with Crippen molar-refractivity contribution in [1.29, 1.82) is 0 Å². The van der Waals surface area contributed by atoms with E-state index >= 15 is 0 Å². The molecule has 19 heavy (non-hydrogen) atoms. The minimum absolute atomic E-state index is 0.0404. The number of aliphatic hydroxyl groups is 1. The summed E-state index contributed by atoms with van der Waals surface area (Å²) in [4.78, 5) is 14.0. The highest BCUT2D eigenvalue weighted by Gasteiger charge is 2.21. The quantitative estimate of drug-likeness (QED) is 0.915. The van der Waals surface area contributed by atoms with Crippen LogP contribution in [0.4, 0.5) is 5.69 Å². The van der Waals surface area contributed by atoms with Crippen molar-refractivity contribution in [2.24, 2.45) is 5.92 Å². The molecule has 3 heteroatoms. The zero-order chi connectivity index (χ0) is 13.8. The van der Waals surface area contributed by atoms with E-state index in [9.17, 15) is 9.90 Å². The van der Waals surface area contributed by atoms with E-state index in [1.807, 2.05) is 49.4 Å². The van der Waals surface area contributed by atoms with Crippen LogP contribution in [-0.4, -0.2) is 24.7 Å². The number of fused-ring (bicyclic) bond motifs is 1. The van der Waals surface area contributed by atoms with Gasteiger partial charge in [-0.05, 0) is 17.9 Å². The molecule has 2 aromatic carbocycles. The van der Waals surface area contributed by atoms with Gasteiger partial charge >= 0.3 is 0 Å². The van der Waals surface area contributed by atoms with Crippen LogP contribution in [0, 0.1) is 5.92 Å². The number of carbonyl (C=O) groups excluding carboxylic acids is 1.